The van der Waals surface area contributed by atoms with Crippen LogP contribution in [0.25, 0.3) is 17.1 Å². The number of rotatable bonds is 4. The fourth-order valence-corrected chi connectivity index (χ4v) is 2.31. The molecule has 3 aromatic rings. The topological polar surface area (TPSA) is 49.2 Å². The molecule has 3 rings (SSSR count). The first-order valence-corrected chi connectivity index (χ1v) is 6.99. The van der Waals surface area contributed by atoms with Crippen LogP contribution in [0.1, 0.15) is 0 Å². The smallest absolute Gasteiger partial charge is 0.163 e. The first kappa shape index (κ1) is 14.4. The van der Waals surface area contributed by atoms with Crippen LogP contribution in [0.2, 0.25) is 5.02 Å². The van der Waals surface area contributed by atoms with E-state index in [0.29, 0.717) is 22.3 Å². The molecule has 0 amide bonds. The van der Waals surface area contributed by atoms with Crippen molar-refractivity contribution in [2.45, 2.75) is 0 Å². The first-order chi connectivity index (χ1) is 10.7. The third-order valence-electron chi connectivity index (χ3n) is 3.26. The molecule has 0 atom stereocenters. The zero-order chi connectivity index (χ0) is 15.5. The molecule has 0 spiro atoms. The van der Waals surface area contributed by atoms with Gasteiger partial charge in [0.1, 0.15) is 6.33 Å². The van der Waals surface area contributed by atoms with E-state index in [-0.39, 0.29) is 0 Å². The van der Waals surface area contributed by atoms with Gasteiger partial charge in [0.05, 0.1) is 19.9 Å². The summed E-state index contributed by atoms with van der Waals surface area (Å²) in [5.74, 6) is 2.03. The number of halogens is 1. The van der Waals surface area contributed by atoms with Gasteiger partial charge in [-0.3, -0.25) is 0 Å². The van der Waals surface area contributed by atoms with Gasteiger partial charge in [0.15, 0.2) is 17.3 Å². The summed E-state index contributed by atoms with van der Waals surface area (Å²) in [6.07, 6.45) is 1.51. The minimum atomic E-state index is 0.644. The highest BCUT2D eigenvalue weighted by molar-refractivity contribution is 6.30. The monoisotopic (exact) mass is 315 g/mol. The molecule has 0 saturated heterocycles. The van der Waals surface area contributed by atoms with Crippen molar-refractivity contribution in [3.8, 4) is 28.6 Å². The highest BCUT2D eigenvalue weighted by Crippen LogP contribution is 2.32. The Kier molecular flexibility index (Phi) is 3.98. The fourth-order valence-electron chi connectivity index (χ4n) is 2.18. The number of benzene rings is 2. The molecule has 5 nitrogen and oxygen atoms in total. The Morgan fingerprint density at radius 1 is 0.955 bits per heavy atom. The molecular formula is C16H14ClN3O2. The van der Waals surface area contributed by atoms with Crippen LogP contribution in [-0.4, -0.2) is 29.0 Å². The van der Waals surface area contributed by atoms with Crippen molar-refractivity contribution in [2.24, 2.45) is 0 Å². The van der Waals surface area contributed by atoms with Crippen molar-refractivity contribution in [2.75, 3.05) is 14.2 Å². The molecule has 0 unspecified atom stereocenters. The molecule has 0 N–H and O–H groups in total. The number of aromatic nitrogens is 3. The molecule has 0 aliphatic heterocycles. The normalized spacial score (nSPS) is 10.5. The van der Waals surface area contributed by atoms with E-state index in [2.05, 4.69) is 10.1 Å². The standard InChI is InChI=1S/C16H14ClN3O2/c1-21-14-8-3-11(9-15(14)22-2)16-18-10-19-20(16)13-6-4-12(17)5-7-13/h3-10H,1-2H3. The van der Waals surface area contributed by atoms with Crippen LogP contribution in [0.3, 0.4) is 0 Å². The average molecular weight is 316 g/mol. The second-order valence-electron chi connectivity index (χ2n) is 4.54. The predicted octanol–water partition coefficient (Wildman–Crippen LogP) is 3.60. The van der Waals surface area contributed by atoms with Crippen LogP contribution in [0, 0.1) is 0 Å². The third-order valence-corrected chi connectivity index (χ3v) is 3.51. The van der Waals surface area contributed by atoms with Gasteiger partial charge in [0.25, 0.3) is 0 Å². The van der Waals surface area contributed by atoms with Gasteiger partial charge in [-0.2, -0.15) is 5.10 Å². The lowest BCUT2D eigenvalue weighted by Crippen LogP contribution is -2.00. The summed E-state index contributed by atoms with van der Waals surface area (Å²) in [7, 11) is 3.21. The lowest BCUT2D eigenvalue weighted by molar-refractivity contribution is 0.355. The van der Waals surface area contributed by atoms with Crippen LogP contribution in [0.15, 0.2) is 48.8 Å². The Morgan fingerprint density at radius 3 is 2.36 bits per heavy atom. The maximum Gasteiger partial charge on any atom is 0.163 e. The summed E-state index contributed by atoms with van der Waals surface area (Å²) < 4.78 is 12.3. The Labute approximate surface area is 133 Å². The van der Waals surface area contributed by atoms with Gasteiger partial charge < -0.3 is 9.47 Å². The molecule has 1 heterocycles. The van der Waals surface area contributed by atoms with Gasteiger partial charge in [-0.1, -0.05) is 11.6 Å². The molecule has 0 saturated carbocycles. The molecule has 0 fully saturated rings. The molecule has 2 aromatic carbocycles. The summed E-state index contributed by atoms with van der Waals surface area (Å²) >= 11 is 5.93. The number of hydrogen-bond donors (Lipinski definition) is 0. The van der Waals surface area contributed by atoms with Crippen LogP contribution < -0.4 is 9.47 Å². The highest BCUT2D eigenvalue weighted by Gasteiger charge is 2.12. The van der Waals surface area contributed by atoms with Crippen LogP contribution in [0.4, 0.5) is 0 Å². The summed E-state index contributed by atoms with van der Waals surface area (Å²) in [6, 6.07) is 13.0. The van der Waals surface area contributed by atoms with Gasteiger partial charge in [0, 0.05) is 10.6 Å². The van der Waals surface area contributed by atoms with Gasteiger partial charge in [-0.15, -0.1) is 0 Å². The molecule has 0 radical (unpaired) electrons. The second kappa shape index (κ2) is 6.07. The van der Waals surface area contributed by atoms with E-state index in [4.69, 9.17) is 21.1 Å². The van der Waals surface area contributed by atoms with E-state index in [1.54, 1.807) is 18.9 Å². The van der Waals surface area contributed by atoms with Crippen molar-refractivity contribution < 1.29 is 9.47 Å². The largest absolute Gasteiger partial charge is 0.493 e. The quantitative estimate of drug-likeness (QED) is 0.738. The van der Waals surface area contributed by atoms with Gasteiger partial charge in [-0.25, -0.2) is 9.67 Å². The van der Waals surface area contributed by atoms with Crippen molar-refractivity contribution in [1.29, 1.82) is 0 Å². The molecule has 22 heavy (non-hydrogen) atoms. The van der Waals surface area contributed by atoms with Crippen molar-refractivity contribution in [1.82, 2.24) is 14.8 Å². The summed E-state index contributed by atoms with van der Waals surface area (Å²) in [4.78, 5) is 4.34. The van der Waals surface area contributed by atoms with E-state index >= 15 is 0 Å². The minimum Gasteiger partial charge on any atom is -0.493 e. The molecule has 112 valence electrons. The van der Waals surface area contributed by atoms with Crippen molar-refractivity contribution in [3.63, 3.8) is 0 Å². The molecule has 0 bridgehead atoms. The Hall–Kier alpha value is -2.53. The second-order valence-corrected chi connectivity index (χ2v) is 4.98. The van der Waals surface area contributed by atoms with Crippen molar-refractivity contribution in [3.05, 3.63) is 53.8 Å². The Balaban J connectivity index is 2.07. The van der Waals surface area contributed by atoms with Gasteiger partial charge in [0.2, 0.25) is 0 Å². The lowest BCUT2D eigenvalue weighted by Gasteiger charge is -2.10. The minimum absolute atomic E-state index is 0.644. The first-order valence-electron chi connectivity index (χ1n) is 6.61. The fraction of sp³-hybridized carbons (Fsp3) is 0.125. The summed E-state index contributed by atoms with van der Waals surface area (Å²) in [5.41, 5.74) is 1.76. The zero-order valence-corrected chi connectivity index (χ0v) is 12.9. The Morgan fingerprint density at radius 2 is 1.68 bits per heavy atom. The van der Waals surface area contributed by atoms with Crippen molar-refractivity contribution >= 4 is 11.6 Å². The number of ether oxygens (including phenoxy) is 2. The predicted molar refractivity (Wildman–Crippen MR) is 84.9 cm³/mol. The van der Waals surface area contributed by atoms with Crippen LogP contribution >= 0.6 is 11.6 Å². The lowest BCUT2D eigenvalue weighted by atomic mass is 10.2. The SMILES string of the molecule is COc1ccc(-c2ncnn2-c2ccc(Cl)cc2)cc1OC. The maximum atomic E-state index is 5.93. The summed E-state index contributed by atoms with van der Waals surface area (Å²) in [5, 5.41) is 4.96. The van der Waals surface area contributed by atoms with Gasteiger partial charge >= 0.3 is 0 Å². The van der Waals surface area contributed by atoms with E-state index in [1.807, 2.05) is 42.5 Å². The molecule has 0 aliphatic rings. The van der Waals surface area contributed by atoms with E-state index < -0.39 is 0 Å². The van der Waals surface area contributed by atoms with E-state index in [9.17, 15) is 0 Å². The van der Waals surface area contributed by atoms with E-state index in [1.165, 1.54) is 6.33 Å². The van der Waals surface area contributed by atoms with Crippen LogP contribution in [-0.2, 0) is 0 Å². The average Bonchev–Trinajstić information content (AvgIpc) is 3.04. The zero-order valence-electron chi connectivity index (χ0n) is 12.2. The van der Waals surface area contributed by atoms with Crippen LogP contribution in [0.5, 0.6) is 11.5 Å². The molecule has 1 aromatic heterocycles. The molecule has 6 heteroatoms. The number of nitrogens with zero attached hydrogens (tertiary/aromatic N) is 3. The number of hydrogen-bond acceptors (Lipinski definition) is 4. The number of methoxy groups -OCH3 is 2. The summed E-state index contributed by atoms with van der Waals surface area (Å²) in [6.45, 7) is 0. The van der Waals surface area contributed by atoms with Gasteiger partial charge in [-0.05, 0) is 42.5 Å². The maximum absolute atomic E-state index is 5.93. The molecular weight excluding hydrogens is 302 g/mol. The highest BCUT2D eigenvalue weighted by atomic mass is 35.5. The third kappa shape index (κ3) is 2.63. The van der Waals surface area contributed by atoms with E-state index in [0.717, 1.165) is 11.3 Å². The molecule has 0 aliphatic carbocycles. The Bertz CT molecular complexity index is 784.